The lowest BCUT2D eigenvalue weighted by atomic mass is 10.2. The van der Waals surface area contributed by atoms with Crippen LogP contribution in [0.3, 0.4) is 0 Å². The first-order valence-corrected chi connectivity index (χ1v) is 5.93. The Kier molecular flexibility index (Phi) is 5.80. The molecular weight excluding hydrogens is 240 g/mol. The summed E-state index contributed by atoms with van der Waals surface area (Å²) >= 11 is 5.98. The van der Waals surface area contributed by atoms with Crippen molar-refractivity contribution in [2.75, 3.05) is 13.2 Å². The SMILES string of the molecule is CCNC(=O)CCOc1cccc(Cl)c1CN. The second-order valence-corrected chi connectivity index (χ2v) is 3.88. The smallest absolute Gasteiger partial charge is 0.223 e. The van der Waals surface area contributed by atoms with Crippen molar-refractivity contribution in [3.8, 4) is 5.75 Å². The number of carbonyl (C=O) groups is 1. The van der Waals surface area contributed by atoms with Crippen molar-refractivity contribution in [3.05, 3.63) is 28.8 Å². The number of nitrogens with one attached hydrogen (secondary N) is 1. The maximum atomic E-state index is 11.2. The lowest BCUT2D eigenvalue weighted by molar-refractivity contribution is -0.121. The Hall–Kier alpha value is -1.26. The van der Waals surface area contributed by atoms with Crippen molar-refractivity contribution in [1.29, 1.82) is 0 Å². The third kappa shape index (κ3) is 4.24. The third-order valence-corrected chi connectivity index (χ3v) is 2.59. The van der Waals surface area contributed by atoms with E-state index in [1.165, 1.54) is 0 Å². The van der Waals surface area contributed by atoms with Gasteiger partial charge in [0.1, 0.15) is 5.75 Å². The number of nitrogens with two attached hydrogens (primary N) is 1. The van der Waals surface area contributed by atoms with Crippen molar-refractivity contribution >= 4 is 17.5 Å². The van der Waals surface area contributed by atoms with Crippen molar-refractivity contribution < 1.29 is 9.53 Å². The Labute approximate surface area is 106 Å². The molecule has 0 heterocycles. The second-order valence-electron chi connectivity index (χ2n) is 3.47. The minimum atomic E-state index is -0.0242. The molecule has 17 heavy (non-hydrogen) atoms. The summed E-state index contributed by atoms with van der Waals surface area (Å²) in [5.41, 5.74) is 6.36. The van der Waals surface area contributed by atoms with E-state index < -0.39 is 0 Å². The molecule has 0 saturated carbocycles. The number of hydrogen-bond donors (Lipinski definition) is 2. The molecule has 0 saturated heterocycles. The van der Waals surface area contributed by atoms with Gasteiger partial charge < -0.3 is 15.8 Å². The molecule has 1 aromatic rings. The van der Waals surface area contributed by atoms with Crippen LogP contribution in [0.15, 0.2) is 18.2 Å². The Morgan fingerprint density at radius 1 is 1.53 bits per heavy atom. The highest BCUT2D eigenvalue weighted by atomic mass is 35.5. The van der Waals surface area contributed by atoms with Gasteiger partial charge in [0, 0.05) is 23.7 Å². The van der Waals surface area contributed by atoms with Gasteiger partial charge in [-0.05, 0) is 19.1 Å². The van der Waals surface area contributed by atoms with Gasteiger partial charge in [0.05, 0.1) is 13.0 Å². The molecule has 0 unspecified atom stereocenters. The summed E-state index contributed by atoms with van der Waals surface area (Å²) in [4.78, 5) is 11.2. The van der Waals surface area contributed by atoms with E-state index in [1.54, 1.807) is 18.2 Å². The Morgan fingerprint density at radius 2 is 2.29 bits per heavy atom. The molecule has 0 fully saturated rings. The van der Waals surface area contributed by atoms with E-state index in [0.29, 0.717) is 36.9 Å². The maximum absolute atomic E-state index is 11.2. The number of rotatable bonds is 6. The highest BCUT2D eigenvalue weighted by Crippen LogP contribution is 2.25. The molecule has 0 radical (unpaired) electrons. The Bertz CT molecular complexity index is 383. The summed E-state index contributed by atoms with van der Waals surface area (Å²) < 4.78 is 5.50. The molecule has 0 aromatic heterocycles. The molecule has 94 valence electrons. The van der Waals surface area contributed by atoms with E-state index in [9.17, 15) is 4.79 Å². The van der Waals surface area contributed by atoms with Gasteiger partial charge >= 0.3 is 0 Å². The summed E-state index contributed by atoms with van der Waals surface area (Å²) in [6.07, 6.45) is 0.324. The molecule has 0 bridgehead atoms. The normalized spacial score (nSPS) is 10.1. The first-order chi connectivity index (χ1) is 8.19. The number of hydrogen-bond acceptors (Lipinski definition) is 3. The second kappa shape index (κ2) is 7.14. The van der Waals surface area contributed by atoms with Gasteiger partial charge in [0.2, 0.25) is 5.91 Å². The fraction of sp³-hybridized carbons (Fsp3) is 0.417. The monoisotopic (exact) mass is 256 g/mol. The van der Waals surface area contributed by atoms with Crippen LogP contribution in [-0.4, -0.2) is 19.1 Å². The van der Waals surface area contributed by atoms with E-state index in [0.717, 1.165) is 5.56 Å². The lowest BCUT2D eigenvalue weighted by Crippen LogP contribution is -2.24. The minimum Gasteiger partial charge on any atom is -0.493 e. The average molecular weight is 257 g/mol. The van der Waals surface area contributed by atoms with Gasteiger partial charge in [-0.3, -0.25) is 4.79 Å². The lowest BCUT2D eigenvalue weighted by Gasteiger charge is -2.11. The largest absolute Gasteiger partial charge is 0.493 e. The van der Waals surface area contributed by atoms with Crippen molar-refractivity contribution in [3.63, 3.8) is 0 Å². The van der Waals surface area contributed by atoms with Crippen LogP contribution >= 0.6 is 11.6 Å². The van der Waals surface area contributed by atoms with Crippen LogP contribution in [0.4, 0.5) is 0 Å². The highest BCUT2D eigenvalue weighted by molar-refractivity contribution is 6.31. The van der Waals surface area contributed by atoms with Crippen LogP contribution in [0.5, 0.6) is 5.75 Å². The van der Waals surface area contributed by atoms with Gasteiger partial charge in [-0.1, -0.05) is 17.7 Å². The molecule has 4 nitrogen and oxygen atoms in total. The fourth-order valence-electron chi connectivity index (χ4n) is 1.41. The number of halogens is 1. The van der Waals surface area contributed by atoms with Crippen molar-refractivity contribution in [1.82, 2.24) is 5.32 Å². The van der Waals surface area contributed by atoms with Crippen LogP contribution in [0.25, 0.3) is 0 Å². The zero-order valence-corrected chi connectivity index (χ0v) is 10.6. The molecule has 5 heteroatoms. The summed E-state index contributed by atoms with van der Waals surface area (Å²) in [5, 5.41) is 3.29. The summed E-state index contributed by atoms with van der Waals surface area (Å²) in [6, 6.07) is 5.36. The topological polar surface area (TPSA) is 64.3 Å². The summed E-state index contributed by atoms with van der Waals surface area (Å²) in [7, 11) is 0. The van der Waals surface area contributed by atoms with Gasteiger partial charge in [0.15, 0.2) is 0 Å². The summed E-state index contributed by atoms with van der Waals surface area (Å²) in [5.74, 6) is 0.619. The molecule has 1 aromatic carbocycles. The van der Waals surface area contributed by atoms with Crippen molar-refractivity contribution in [2.24, 2.45) is 5.73 Å². The molecule has 1 amide bonds. The van der Waals surface area contributed by atoms with Crippen molar-refractivity contribution in [2.45, 2.75) is 19.9 Å². The standard InChI is InChI=1S/C12H17ClN2O2/c1-2-15-12(16)6-7-17-11-5-3-4-10(13)9(11)8-14/h3-5H,2,6-8,14H2,1H3,(H,15,16). The van der Waals surface area contributed by atoms with E-state index in [-0.39, 0.29) is 5.91 Å². The predicted octanol–water partition coefficient (Wildman–Crippen LogP) is 1.70. The van der Waals surface area contributed by atoms with Crippen LogP contribution in [0.2, 0.25) is 5.02 Å². The number of benzene rings is 1. The molecule has 0 aliphatic heterocycles. The minimum absolute atomic E-state index is 0.0242. The van der Waals surface area contributed by atoms with Gasteiger partial charge in [-0.2, -0.15) is 0 Å². The Balaban J connectivity index is 2.52. The Morgan fingerprint density at radius 3 is 2.94 bits per heavy atom. The van der Waals surface area contributed by atoms with Crippen LogP contribution in [0.1, 0.15) is 18.9 Å². The first kappa shape index (κ1) is 13.8. The molecule has 0 aliphatic rings. The quantitative estimate of drug-likeness (QED) is 0.814. The van der Waals surface area contributed by atoms with E-state index in [4.69, 9.17) is 22.1 Å². The van der Waals surface area contributed by atoms with E-state index >= 15 is 0 Å². The van der Waals surface area contributed by atoms with Gasteiger partial charge in [0.25, 0.3) is 0 Å². The molecular formula is C12H17ClN2O2. The van der Waals surface area contributed by atoms with Crippen LogP contribution < -0.4 is 15.8 Å². The predicted molar refractivity (Wildman–Crippen MR) is 68.1 cm³/mol. The molecule has 1 rings (SSSR count). The van der Waals surface area contributed by atoms with E-state index in [1.807, 2.05) is 6.92 Å². The highest BCUT2D eigenvalue weighted by Gasteiger charge is 2.07. The number of amides is 1. The zero-order valence-electron chi connectivity index (χ0n) is 9.83. The molecule has 0 aliphatic carbocycles. The maximum Gasteiger partial charge on any atom is 0.223 e. The fourth-order valence-corrected chi connectivity index (χ4v) is 1.65. The number of carbonyl (C=O) groups excluding carboxylic acids is 1. The third-order valence-electron chi connectivity index (χ3n) is 2.24. The van der Waals surface area contributed by atoms with Gasteiger partial charge in [-0.15, -0.1) is 0 Å². The van der Waals surface area contributed by atoms with E-state index in [2.05, 4.69) is 5.32 Å². The molecule has 0 atom stereocenters. The molecule has 0 spiro atoms. The van der Waals surface area contributed by atoms with Gasteiger partial charge in [-0.25, -0.2) is 0 Å². The van der Waals surface area contributed by atoms with Crippen LogP contribution in [-0.2, 0) is 11.3 Å². The molecule has 3 N–H and O–H groups in total. The first-order valence-electron chi connectivity index (χ1n) is 5.56. The van der Waals surface area contributed by atoms with Crippen LogP contribution in [0, 0.1) is 0 Å². The summed E-state index contributed by atoms with van der Waals surface area (Å²) in [6.45, 7) is 3.14. The zero-order chi connectivity index (χ0) is 12.7. The average Bonchev–Trinajstić information content (AvgIpc) is 2.29. The number of ether oxygens (including phenoxy) is 1.